The number of hydrogen-bond donors (Lipinski definition) is 1. The summed E-state index contributed by atoms with van der Waals surface area (Å²) >= 11 is 0. The number of fused-ring (bicyclic) bond motifs is 1. The highest BCUT2D eigenvalue weighted by Crippen LogP contribution is 2.18. The van der Waals surface area contributed by atoms with Gasteiger partial charge in [0, 0.05) is 20.5 Å². The van der Waals surface area contributed by atoms with Crippen molar-refractivity contribution in [3.05, 3.63) is 29.7 Å². The molecule has 0 spiro atoms. The predicted octanol–water partition coefficient (Wildman–Crippen LogP) is 1.83. The molecule has 1 aromatic heterocycles. The standard InChI is InChI=1S/C14H19N3O2/c1-9-16-11-7-10(5-6-12(11)19-9)8-17(4)13(18)14(2,3)15/h5-7H,8,15H2,1-4H3. The van der Waals surface area contributed by atoms with Gasteiger partial charge >= 0.3 is 0 Å². The normalized spacial score (nSPS) is 11.8. The second-order valence-corrected chi connectivity index (χ2v) is 5.42. The summed E-state index contributed by atoms with van der Waals surface area (Å²) in [6.07, 6.45) is 0. The van der Waals surface area contributed by atoms with Gasteiger partial charge in [0.1, 0.15) is 5.52 Å². The van der Waals surface area contributed by atoms with Crippen LogP contribution < -0.4 is 5.73 Å². The summed E-state index contributed by atoms with van der Waals surface area (Å²) in [4.78, 5) is 17.9. The number of nitrogens with zero attached hydrogens (tertiary/aromatic N) is 2. The lowest BCUT2D eigenvalue weighted by atomic mass is 10.1. The predicted molar refractivity (Wildman–Crippen MR) is 73.5 cm³/mol. The van der Waals surface area contributed by atoms with Crippen LogP contribution in [0.4, 0.5) is 0 Å². The molecule has 0 bridgehead atoms. The van der Waals surface area contributed by atoms with E-state index in [2.05, 4.69) is 4.98 Å². The molecule has 19 heavy (non-hydrogen) atoms. The minimum Gasteiger partial charge on any atom is -0.441 e. The van der Waals surface area contributed by atoms with Crippen LogP contribution in [0, 0.1) is 6.92 Å². The van der Waals surface area contributed by atoms with Crippen molar-refractivity contribution in [2.45, 2.75) is 32.9 Å². The molecule has 5 heteroatoms. The Balaban J connectivity index is 2.19. The third kappa shape index (κ3) is 2.93. The average molecular weight is 261 g/mol. The van der Waals surface area contributed by atoms with E-state index in [9.17, 15) is 4.79 Å². The van der Waals surface area contributed by atoms with E-state index in [4.69, 9.17) is 10.2 Å². The van der Waals surface area contributed by atoms with Gasteiger partial charge in [-0.1, -0.05) is 6.07 Å². The van der Waals surface area contributed by atoms with Crippen LogP contribution in [0.5, 0.6) is 0 Å². The van der Waals surface area contributed by atoms with E-state index < -0.39 is 5.54 Å². The van der Waals surface area contributed by atoms with E-state index in [1.807, 2.05) is 25.1 Å². The number of likely N-dealkylation sites (N-methyl/N-ethyl adjacent to an activating group) is 1. The molecule has 0 fully saturated rings. The van der Waals surface area contributed by atoms with Crippen LogP contribution in [0.2, 0.25) is 0 Å². The Labute approximate surface area is 112 Å². The maximum atomic E-state index is 12.0. The maximum absolute atomic E-state index is 12.0. The zero-order valence-corrected chi connectivity index (χ0v) is 11.7. The van der Waals surface area contributed by atoms with E-state index in [0.717, 1.165) is 16.7 Å². The third-order valence-corrected chi connectivity index (χ3v) is 2.88. The second kappa shape index (κ2) is 4.66. The molecule has 102 valence electrons. The van der Waals surface area contributed by atoms with E-state index in [1.165, 1.54) is 0 Å². The van der Waals surface area contributed by atoms with Gasteiger partial charge in [0.2, 0.25) is 5.91 Å². The number of benzene rings is 1. The van der Waals surface area contributed by atoms with E-state index in [-0.39, 0.29) is 5.91 Å². The molecule has 0 aliphatic carbocycles. The van der Waals surface area contributed by atoms with Crippen molar-refractivity contribution in [2.24, 2.45) is 5.73 Å². The minimum atomic E-state index is -0.858. The highest BCUT2D eigenvalue weighted by molar-refractivity contribution is 5.85. The van der Waals surface area contributed by atoms with Gasteiger partial charge in [-0.2, -0.15) is 0 Å². The molecule has 0 aliphatic heterocycles. The molecule has 2 aromatic rings. The van der Waals surface area contributed by atoms with Gasteiger partial charge in [0.05, 0.1) is 5.54 Å². The van der Waals surface area contributed by atoms with Crippen molar-refractivity contribution in [3.8, 4) is 0 Å². The summed E-state index contributed by atoms with van der Waals surface area (Å²) in [5, 5.41) is 0. The lowest BCUT2D eigenvalue weighted by molar-refractivity contribution is -0.134. The van der Waals surface area contributed by atoms with Gasteiger partial charge in [-0.25, -0.2) is 4.98 Å². The fourth-order valence-corrected chi connectivity index (χ4v) is 2.02. The average Bonchev–Trinajstić information content (AvgIpc) is 2.66. The number of nitrogens with two attached hydrogens (primary N) is 1. The Hall–Kier alpha value is -1.88. The first kappa shape index (κ1) is 13.5. The van der Waals surface area contributed by atoms with Gasteiger partial charge in [-0.05, 0) is 31.5 Å². The largest absolute Gasteiger partial charge is 0.441 e. The number of hydrogen-bond acceptors (Lipinski definition) is 4. The minimum absolute atomic E-state index is 0.0936. The summed E-state index contributed by atoms with van der Waals surface area (Å²) in [7, 11) is 1.75. The topological polar surface area (TPSA) is 72.4 Å². The van der Waals surface area contributed by atoms with Crippen molar-refractivity contribution < 1.29 is 9.21 Å². The van der Waals surface area contributed by atoms with Crippen molar-refractivity contribution in [1.82, 2.24) is 9.88 Å². The molecular formula is C14H19N3O2. The highest BCUT2D eigenvalue weighted by atomic mass is 16.3. The molecule has 1 aromatic carbocycles. The van der Waals surface area contributed by atoms with E-state index in [1.54, 1.807) is 25.8 Å². The molecule has 0 radical (unpaired) electrons. The van der Waals surface area contributed by atoms with Crippen LogP contribution in [0.1, 0.15) is 25.3 Å². The second-order valence-electron chi connectivity index (χ2n) is 5.42. The summed E-state index contributed by atoms with van der Waals surface area (Å²) in [6.45, 7) is 5.72. The Bertz CT molecular complexity index is 611. The number of carbonyl (C=O) groups excluding carboxylic acids is 1. The summed E-state index contributed by atoms with van der Waals surface area (Å²) in [5.41, 5.74) is 7.52. The van der Waals surface area contributed by atoms with Gasteiger partial charge in [0.15, 0.2) is 11.5 Å². The maximum Gasteiger partial charge on any atom is 0.242 e. The van der Waals surface area contributed by atoms with Gasteiger partial charge in [-0.15, -0.1) is 0 Å². The molecule has 0 atom stereocenters. The number of amides is 1. The Kier molecular flexibility index (Phi) is 3.32. The lowest BCUT2D eigenvalue weighted by Crippen LogP contribution is -2.49. The zero-order chi connectivity index (χ0) is 14.2. The molecule has 0 saturated heterocycles. The van der Waals surface area contributed by atoms with Crippen molar-refractivity contribution >= 4 is 17.0 Å². The molecule has 1 amide bonds. The number of oxazole rings is 1. The number of rotatable bonds is 3. The Morgan fingerprint density at radius 1 is 1.47 bits per heavy atom. The molecule has 5 nitrogen and oxygen atoms in total. The number of aryl methyl sites for hydroxylation is 1. The van der Waals surface area contributed by atoms with E-state index in [0.29, 0.717) is 12.4 Å². The van der Waals surface area contributed by atoms with Crippen LogP contribution in [0.25, 0.3) is 11.1 Å². The van der Waals surface area contributed by atoms with Crippen LogP contribution in [-0.2, 0) is 11.3 Å². The third-order valence-electron chi connectivity index (χ3n) is 2.88. The SMILES string of the molecule is Cc1nc2cc(CN(C)C(=O)C(C)(C)N)ccc2o1. The summed E-state index contributed by atoms with van der Waals surface area (Å²) in [5.74, 6) is 0.545. The fraction of sp³-hybridized carbons (Fsp3) is 0.429. The smallest absolute Gasteiger partial charge is 0.242 e. The Morgan fingerprint density at radius 2 is 2.16 bits per heavy atom. The molecule has 0 unspecified atom stereocenters. The lowest BCUT2D eigenvalue weighted by Gasteiger charge is -2.25. The number of carbonyl (C=O) groups is 1. The molecule has 2 N–H and O–H groups in total. The molecule has 2 rings (SSSR count). The quantitative estimate of drug-likeness (QED) is 0.915. The first-order valence-electron chi connectivity index (χ1n) is 6.18. The van der Waals surface area contributed by atoms with Gasteiger partial charge in [-0.3, -0.25) is 4.79 Å². The zero-order valence-electron chi connectivity index (χ0n) is 11.7. The van der Waals surface area contributed by atoms with E-state index >= 15 is 0 Å². The fourth-order valence-electron chi connectivity index (χ4n) is 2.02. The molecule has 1 heterocycles. The van der Waals surface area contributed by atoms with Gasteiger partial charge in [0.25, 0.3) is 0 Å². The van der Waals surface area contributed by atoms with Crippen molar-refractivity contribution in [1.29, 1.82) is 0 Å². The monoisotopic (exact) mass is 261 g/mol. The molecular weight excluding hydrogens is 242 g/mol. The van der Waals surface area contributed by atoms with Crippen LogP contribution >= 0.6 is 0 Å². The molecule has 0 aliphatic rings. The highest BCUT2D eigenvalue weighted by Gasteiger charge is 2.25. The number of aromatic nitrogens is 1. The van der Waals surface area contributed by atoms with Crippen LogP contribution in [0.15, 0.2) is 22.6 Å². The summed E-state index contributed by atoms with van der Waals surface area (Å²) in [6, 6.07) is 5.73. The first-order chi connectivity index (χ1) is 8.77. The van der Waals surface area contributed by atoms with Crippen LogP contribution in [-0.4, -0.2) is 28.4 Å². The van der Waals surface area contributed by atoms with Gasteiger partial charge < -0.3 is 15.1 Å². The van der Waals surface area contributed by atoms with Crippen molar-refractivity contribution in [3.63, 3.8) is 0 Å². The summed E-state index contributed by atoms with van der Waals surface area (Å²) < 4.78 is 5.42. The Morgan fingerprint density at radius 3 is 2.79 bits per heavy atom. The van der Waals surface area contributed by atoms with Crippen LogP contribution in [0.3, 0.4) is 0 Å². The first-order valence-corrected chi connectivity index (χ1v) is 6.18. The van der Waals surface area contributed by atoms with Crippen molar-refractivity contribution in [2.75, 3.05) is 7.05 Å². The molecule has 0 saturated carbocycles.